The molecule has 1 aromatic carbocycles. The second-order valence-electron chi connectivity index (χ2n) is 4.97. The van der Waals surface area contributed by atoms with Crippen LogP contribution in [0.25, 0.3) is 0 Å². The smallest absolute Gasteiger partial charge is 0.339 e. The minimum Gasteiger partial charge on any atom is -0.465 e. The summed E-state index contributed by atoms with van der Waals surface area (Å²) in [5.74, 6) is -1.54. The Labute approximate surface area is 159 Å². The maximum absolute atomic E-state index is 12.2. The molecule has 11 heteroatoms. The maximum Gasteiger partial charge on any atom is 0.339 e. The maximum atomic E-state index is 12.2. The largest absolute Gasteiger partial charge is 0.465 e. The van der Waals surface area contributed by atoms with Gasteiger partial charge in [-0.2, -0.15) is 0 Å². The van der Waals surface area contributed by atoms with Crippen molar-refractivity contribution in [2.75, 3.05) is 12.4 Å². The first-order chi connectivity index (χ1) is 12.2. The van der Waals surface area contributed by atoms with Gasteiger partial charge < -0.3 is 10.1 Å². The normalized spacial score (nSPS) is 10.3. The predicted octanol–water partition coefficient (Wildman–Crippen LogP) is 2.60. The average Bonchev–Trinajstić information content (AvgIpc) is 2.58. The van der Waals surface area contributed by atoms with Crippen LogP contribution < -0.4 is 10.9 Å². The lowest BCUT2D eigenvalue weighted by Gasteiger charge is -2.10. The minimum absolute atomic E-state index is 0.228. The van der Waals surface area contributed by atoms with Gasteiger partial charge in [0.1, 0.15) is 6.54 Å². The molecule has 2 aromatic rings. The highest BCUT2D eigenvalue weighted by Gasteiger charge is 2.21. The summed E-state index contributed by atoms with van der Waals surface area (Å²) >= 11 is 9.22. The second-order valence-corrected chi connectivity index (χ2v) is 6.29. The fourth-order valence-corrected chi connectivity index (χ4v) is 2.75. The van der Waals surface area contributed by atoms with Crippen molar-refractivity contribution in [3.05, 3.63) is 66.0 Å². The standard InChI is InChI=1S/C15H11BrClN3O6/c1-26-15(23)8-4-12(20(24)25)14(22)19(6-8)7-13(21)18-11-3-2-9(16)5-10(11)17/h2-6H,7H2,1H3,(H,18,21). The number of amides is 1. The zero-order chi connectivity index (χ0) is 19.4. The molecule has 0 aliphatic heterocycles. The van der Waals surface area contributed by atoms with Crippen molar-refractivity contribution in [3.8, 4) is 0 Å². The van der Waals surface area contributed by atoms with Crippen LogP contribution in [-0.4, -0.2) is 28.5 Å². The summed E-state index contributed by atoms with van der Waals surface area (Å²) in [6, 6.07) is 5.55. The van der Waals surface area contributed by atoms with Crippen LogP contribution in [0, 0.1) is 10.1 Å². The van der Waals surface area contributed by atoms with Gasteiger partial charge in [0.25, 0.3) is 0 Å². The van der Waals surface area contributed by atoms with Crippen molar-refractivity contribution in [1.29, 1.82) is 0 Å². The number of carbonyl (C=O) groups excluding carboxylic acids is 2. The molecule has 0 aliphatic rings. The van der Waals surface area contributed by atoms with Gasteiger partial charge in [-0.3, -0.25) is 24.3 Å². The summed E-state index contributed by atoms with van der Waals surface area (Å²) < 4.78 is 5.96. The van der Waals surface area contributed by atoms with Crippen molar-refractivity contribution in [2.45, 2.75) is 6.54 Å². The van der Waals surface area contributed by atoms with E-state index in [1.807, 2.05) is 0 Å². The Morgan fingerprint density at radius 1 is 1.38 bits per heavy atom. The number of benzene rings is 1. The summed E-state index contributed by atoms with van der Waals surface area (Å²) in [6.45, 7) is -0.559. The molecule has 0 aliphatic carbocycles. The molecule has 0 unspecified atom stereocenters. The van der Waals surface area contributed by atoms with Crippen molar-refractivity contribution in [2.24, 2.45) is 0 Å². The summed E-state index contributed by atoms with van der Waals surface area (Å²) in [6.07, 6.45) is 1.02. The second kappa shape index (κ2) is 8.11. The van der Waals surface area contributed by atoms with E-state index in [1.54, 1.807) is 18.2 Å². The van der Waals surface area contributed by atoms with Gasteiger partial charge in [0.2, 0.25) is 5.91 Å². The molecule has 0 saturated heterocycles. The van der Waals surface area contributed by atoms with E-state index in [2.05, 4.69) is 26.0 Å². The molecule has 2 rings (SSSR count). The van der Waals surface area contributed by atoms with Crippen molar-refractivity contribution < 1.29 is 19.2 Å². The third kappa shape index (κ3) is 4.46. The summed E-state index contributed by atoms with van der Waals surface area (Å²) in [5.41, 5.74) is -1.80. The number of carbonyl (C=O) groups is 2. The summed E-state index contributed by atoms with van der Waals surface area (Å²) in [7, 11) is 1.09. The van der Waals surface area contributed by atoms with Crippen LogP contribution in [0.4, 0.5) is 11.4 Å². The Balaban J connectivity index is 2.34. The van der Waals surface area contributed by atoms with Gasteiger partial charge >= 0.3 is 17.2 Å². The number of hydrogen-bond acceptors (Lipinski definition) is 6. The summed E-state index contributed by atoms with van der Waals surface area (Å²) in [4.78, 5) is 46.0. The first kappa shape index (κ1) is 19.6. The van der Waals surface area contributed by atoms with Gasteiger partial charge in [-0.05, 0) is 18.2 Å². The quantitative estimate of drug-likeness (QED) is 0.430. The number of nitrogens with zero attached hydrogens (tertiary/aromatic N) is 2. The number of anilines is 1. The number of aromatic nitrogens is 1. The number of ether oxygens (including phenoxy) is 1. The highest BCUT2D eigenvalue weighted by Crippen LogP contribution is 2.25. The van der Waals surface area contributed by atoms with E-state index in [-0.39, 0.29) is 10.6 Å². The van der Waals surface area contributed by atoms with Gasteiger partial charge in [0.15, 0.2) is 0 Å². The lowest BCUT2D eigenvalue weighted by atomic mass is 10.2. The molecule has 26 heavy (non-hydrogen) atoms. The molecule has 1 N–H and O–H groups in total. The Morgan fingerprint density at radius 2 is 2.08 bits per heavy atom. The van der Waals surface area contributed by atoms with E-state index in [0.29, 0.717) is 10.2 Å². The van der Waals surface area contributed by atoms with Crippen molar-refractivity contribution in [1.82, 2.24) is 4.57 Å². The molecule has 9 nitrogen and oxygen atoms in total. The number of esters is 1. The molecule has 1 heterocycles. The SMILES string of the molecule is COC(=O)c1cc([N+](=O)[O-])c(=O)n(CC(=O)Nc2ccc(Br)cc2Cl)c1. The predicted molar refractivity (Wildman–Crippen MR) is 96.5 cm³/mol. The van der Waals surface area contributed by atoms with Gasteiger partial charge in [-0.15, -0.1) is 0 Å². The number of halogens is 2. The number of pyridine rings is 1. The number of methoxy groups -OCH3 is 1. The number of nitrogens with one attached hydrogen (secondary N) is 1. The molecule has 1 aromatic heterocycles. The van der Waals surface area contributed by atoms with E-state index < -0.39 is 34.6 Å². The highest BCUT2D eigenvalue weighted by atomic mass is 79.9. The minimum atomic E-state index is -1.03. The van der Waals surface area contributed by atoms with Crippen LogP contribution in [-0.2, 0) is 16.1 Å². The Kier molecular flexibility index (Phi) is 6.11. The van der Waals surface area contributed by atoms with E-state index in [9.17, 15) is 24.5 Å². The molecule has 0 atom stereocenters. The number of rotatable bonds is 5. The van der Waals surface area contributed by atoms with Crippen LogP contribution in [0.3, 0.4) is 0 Å². The van der Waals surface area contributed by atoms with Gasteiger partial charge in [0, 0.05) is 16.7 Å². The van der Waals surface area contributed by atoms with Crippen LogP contribution in [0.1, 0.15) is 10.4 Å². The van der Waals surface area contributed by atoms with Gasteiger partial charge in [0.05, 0.1) is 28.3 Å². The topological polar surface area (TPSA) is 121 Å². The number of nitro groups is 1. The van der Waals surface area contributed by atoms with Crippen molar-refractivity contribution in [3.63, 3.8) is 0 Å². The zero-order valence-electron chi connectivity index (χ0n) is 13.2. The van der Waals surface area contributed by atoms with Gasteiger partial charge in [-0.25, -0.2) is 4.79 Å². The van der Waals surface area contributed by atoms with E-state index in [0.717, 1.165) is 23.9 Å². The molecule has 0 radical (unpaired) electrons. The van der Waals surface area contributed by atoms with Crippen LogP contribution in [0.5, 0.6) is 0 Å². The monoisotopic (exact) mass is 443 g/mol. The lowest BCUT2D eigenvalue weighted by molar-refractivity contribution is -0.386. The Bertz CT molecular complexity index is 959. The molecular formula is C15H11BrClN3O6. The third-order valence-electron chi connectivity index (χ3n) is 3.20. The number of hydrogen-bond donors (Lipinski definition) is 1. The molecule has 0 fully saturated rings. The van der Waals surface area contributed by atoms with Gasteiger partial charge in [-0.1, -0.05) is 27.5 Å². The van der Waals surface area contributed by atoms with E-state index in [4.69, 9.17) is 11.6 Å². The molecular weight excluding hydrogens is 434 g/mol. The van der Waals surface area contributed by atoms with E-state index in [1.165, 1.54) is 0 Å². The fraction of sp³-hybridized carbons (Fsp3) is 0.133. The van der Waals surface area contributed by atoms with Crippen molar-refractivity contribution >= 4 is 50.8 Å². The van der Waals surface area contributed by atoms with Crippen LogP contribution in [0.2, 0.25) is 5.02 Å². The Morgan fingerprint density at radius 3 is 2.65 bits per heavy atom. The molecule has 0 spiro atoms. The average molecular weight is 445 g/mol. The first-order valence-electron chi connectivity index (χ1n) is 6.95. The molecule has 0 saturated carbocycles. The first-order valence-corrected chi connectivity index (χ1v) is 8.12. The third-order valence-corrected chi connectivity index (χ3v) is 4.01. The fourth-order valence-electron chi connectivity index (χ4n) is 2.03. The van der Waals surface area contributed by atoms with E-state index >= 15 is 0 Å². The summed E-state index contributed by atoms with van der Waals surface area (Å²) in [5, 5.41) is 13.8. The highest BCUT2D eigenvalue weighted by molar-refractivity contribution is 9.10. The Hall–Kier alpha value is -2.72. The van der Waals surface area contributed by atoms with Crippen LogP contribution >= 0.6 is 27.5 Å². The molecule has 1 amide bonds. The molecule has 0 bridgehead atoms. The lowest BCUT2D eigenvalue weighted by Crippen LogP contribution is -2.29. The zero-order valence-corrected chi connectivity index (χ0v) is 15.5. The van der Waals surface area contributed by atoms with Crippen LogP contribution in [0.15, 0.2) is 39.7 Å². The molecule has 136 valence electrons.